The van der Waals surface area contributed by atoms with Gasteiger partial charge in [-0.2, -0.15) is 0 Å². The Morgan fingerprint density at radius 3 is 2.40 bits per heavy atom. The Labute approximate surface area is 117 Å². The predicted octanol–water partition coefficient (Wildman–Crippen LogP) is 1.01. The van der Waals surface area contributed by atoms with Gasteiger partial charge in [-0.1, -0.05) is 0 Å². The molecule has 1 N–H and O–H groups in total. The van der Waals surface area contributed by atoms with Crippen molar-refractivity contribution in [2.75, 3.05) is 32.2 Å². The van der Waals surface area contributed by atoms with E-state index in [0.717, 1.165) is 25.9 Å². The summed E-state index contributed by atoms with van der Waals surface area (Å²) in [6.45, 7) is 1.66. The Hall–Kier alpha value is -1.73. The van der Waals surface area contributed by atoms with Crippen molar-refractivity contribution >= 4 is 11.8 Å². The lowest BCUT2D eigenvalue weighted by molar-refractivity contribution is -0.141. The number of methoxy groups -OCH3 is 2. The van der Waals surface area contributed by atoms with Gasteiger partial charge in [0.15, 0.2) is 17.8 Å². The molecule has 7 heteroatoms. The average molecular weight is 281 g/mol. The maximum atomic E-state index is 10.7. The fourth-order valence-corrected chi connectivity index (χ4v) is 2.49. The van der Waals surface area contributed by atoms with Gasteiger partial charge in [-0.3, -0.25) is 0 Å². The van der Waals surface area contributed by atoms with Crippen molar-refractivity contribution in [3.63, 3.8) is 0 Å². The van der Waals surface area contributed by atoms with Gasteiger partial charge in [0.2, 0.25) is 0 Å². The van der Waals surface area contributed by atoms with Gasteiger partial charge >= 0.3 is 5.97 Å². The first kappa shape index (κ1) is 14.7. The van der Waals surface area contributed by atoms with Gasteiger partial charge in [0, 0.05) is 33.2 Å². The van der Waals surface area contributed by atoms with Gasteiger partial charge in [0.25, 0.3) is 0 Å². The van der Waals surface area contributed by atoms with Crippen LogP contribution in [0.15, 0.2) is 12.1 Å². The van der Waals surface area contributed by atoms with E-state index in [2.05, 4.69) is 15.1 Å². The van der Waals surface area contributed by atoms with Crippen LogP contribution in [0.1, 0.15) is 23.3 Å². The summed E-state index contributed by atoms with van der Waals surface area (Å²) in [5, 5.41) is 16.5. The number of hydrogen-bond donors (Lipinski definition) is 1. The molecule has 1 aromatic heterocycles. The van der Waals surface area contributed by atoms with E-state index in [9.17, 15) is 4.79 Å². The predicted molar refractivity (Wildman–Crippen MR) is 71.7 cm³/mol. The zero-order valence-corrected chi connectivity index (χ0v) is 11.7. The smallest absolute Gasteiger partial charge is 0.356 e. The Bertz CT molecular complexity index is 439. The summed E-state index contributed by atoms with van der Waals surface area (Å²) in [7, 11) is 3.30. The molecule has 1 aromatic rings. The fourth-order valence-electron chi connectivity index (χ4n) is 2.49. The van der Waals surface area contributed by atoms with Crippen molar-refractivity contribution < 1.29 is 19.4 Å². The second-order valence-electron chi connectivity index (χ2n) is 4.75. The van der Waals surface area contributed by atoms with Crippen LogP contribution < -0.4 is 4.90 Å². The van der Waals surface area contributed by atoms with Crippen molar-refractivity contribution in [2.24, 2.45) is 5.92 Å². The SMILES string of the molecule is COC(OC)C1CCN(c2ccc(C(=O)O)nn2)CC1. The summed E-state index contributed by atoms with van der Waals surface area (Å²) >= 11 is 0. The van der Waals surface area contributed by atoms with Crippen LogP contribution in [0.5, 0.6) is 0 Å². The first-order valence-electron chi connectivity index (χ1n) is 6.53. The molecule has 2 rings (SSSR count). The molecule has 20 heavy (non-hydrogen) atoms. The number of carboxylic acids is 1. The van der Waals surface area contributed by atoms with Gasteiger partial charge in [0.05, 0.1) is 0 Å². The van der Waals surface area contributed by atoms with E-state index in [-0.39, 0.29) is 12.0 Å². The second kappa shape index (κ2) is 6.62. The maximum Gasteiger partial charge on any atom is 0.356 e. The van der Waals surface area contributed by atoms with Crippen LogP contribution in [0.2, 0.25) is 0 Å². The van der Waals surface area contributed by atoms with Gasteiger partial charge in [-0.25, -0.2) is 4.79 Å². The number of aromatic carboxylic acids is 1. The van der Waals surface area contributed by atoms with Crippen molar-refractivity contribution in [1.82, 2.24) is 10.2 Å². The van der Waals surface area contributed by atoms with Gasteiger partial charge in [-0.05, 0) is 25.0 Å². The summed E-state index contributed by atoms with van der Waals surface area (Å²) in [5.74, 6) is 0.0122. The minimum Gasteiger partial charge on any atom is -0.476 e. The molecule has 7 nitrogen and oxygen atoms in total. The van der Waals surface area contributed by atoms with Crippen molar-refractivity contribution in [3.05, 3.63) is 17.8 Å². The molecule has 0 atom stereocenters. The minimum atomic E-state index is -1.06. The van der Waals surface area contributed by atoms with Gasteiger partial charge in [0.1, 0.15) is 0 Å². The van der Waals surface area contributed by atoms with Crippen LogP contribution in [-0.4, -0.2) is 54.9 Å². The van der Waals surface area contributed by atoms with Crippen LogP contribution in [0.25, 0.3) is 0 Å². The normalized spacial score (nSPS) is 16.6. The van der Waals surface area contributed by atoms with Gasteiger partial charge < -0.3 is 19.5 Å². The number of ether oxygens (including phenoxy) is 2. The van der Waals surface area contributed by atoms with Crippen LogP contribution in [0, 0.1) is 5.92 Å². The van der Waals surface area contributed by atoms with Crippen LogP contribution in [-0.2, 0) is 9.47 Å². The Morgan fingerprint density at radius 1 is 1.30 bits per heavy atom. The number of aromatic nitrogens is 2. The van der Waals surface area contributed by atoms with E-state index in [1.54, 1.807) is 20.3 Å². The number of piperidine rings is 1. The molecule has 0 spiro atoms. The first-order chi connectivity index (χ1) is 9.65. The highest BCUT2D eigenvalue weighted by atomic mass is 16.7. The van der Waals surface area contributed by atoms with Crippen molar-refractivity contribution in [2.45, 2.75) is 19.1 Å². The lowest BCUT2D eigenvalue weighted by atomic mass is 9.96. The van der Waals surface area contributed by atoms with E-state index in [1.165, 1.54) is 6.07 Å². The topological polar surface area (TPSA) is 84.8 Å². The van der Waals surface area contributed by atoms with Crippen LogP contribution >= 0.6 is 0 Å². The highest BCUT2D eigenvalue weighted by Crippen LogP contribution is 2.25. The summed E-state index contributed by atoms with van der Waals surface area (Å²) in [6, 6.07) is 3.17. The standard InChI is InChI=1S/C13H19N3O4/c1-19-13(20-2)9-5-7-16(8-6-9)11-4-3-10(12(17)18)14-15-11/h3-4,9,13H,5-8H2,1-2H3,(H,17,18). The molecular formula is C13H19N3O4. The van der Waals surface area contributed by atoms with Crippen LogP contribution in [0.4, 0.5) is 5.82 Å². The van der Waals surface area contributed by atoms with Crippen molar-refractivity contribution in [3.8, 4) is 0 Å². The molecule has 1 aliphatic heterocycles. The van der Waals surface area contributed by atoms with Crippen LogP contribution in [0.3, 0.4) is 0 Å². The zero-order valence-electron chi connectivity index (χ0n) is 11.7. The molecule has 0 bridgehead atoms. The first-order valence-corrected chi connectivity index (χ1v) is 6.53. The third kappa shape index (κ3) is 3.23. The summed E-state index contributed by atoms with van der Waals surface area (Å²) < 4.78 is 10.6. The molecule has 2 heterocycles. The summed E-state index contributed by atoms with van der Waals surface area (Å²) in [5.41, 5.74) is -0.0394. The molecule has 1 saturated heterocycles. The van der Waals surface area contributed by atoms with E-state index >= 15 is 0 Å². The molecule has 0 unspecified atom stereocenters. The monoisotopic (exact) mass is 281 g/mol. The number of anilines is 1. The van der Waals surface area contributed by atoms with E-state index in [4.69, 9.17) is 14.6 Å². The molecule has 0 saturated carbocycles. The maximum absolute atomic E-state index is 10.7. The number of carbonyl (C=O) groups is 1. The largest absolute Gasteiger partial charge is 0.476 e. The Kier molecular flexibility index (Phi) is 4.86. The third-order valence-electron chi connectivity index (χ3n) is 3.58. The second-order valence-corrected chi connectivity index (χ2v) is 4.75. The number of nitrogens with zero attached hydrogens (tertiary/aromatic N) is 3. The highest BCUT2D eigenvalue weighted by molar-refractivity contribution is 5.85. The molecular weight excluding hydrogens is 262 g/mol. The lowest BCUT2D eigenvalue weighted by Gasteiger charge is -2.35. The number of carboxylic acid groups (broad SMARTS) is 1. The molecule has 0 amide bonds. The molecule has 110 valence electrons. The Balaban J connectivity index is 1.95. The average Bonchev–Trinajstić information content (AvgIpc) is 2.49. The number of hydrogen-bond acceptors (Lipinski definition) is 6. The minimum absolute atomic E-state index is 0.0394. The highest BCUT2D eigenvalue weighted by Gasteiger charge is 2.27. The van der Waals surface area contributed by atoms with E-state index in [1.807, 2.05) is 0 Å². The molecule has 1 fully saturated rings. The quantitative estimate of drug-likeness (QED) is 0.806. The fraction of sp³-hybridized carbons (Fsp3) is 0.615. The van der Waals surface area contributed by atoms with E-state index in [0.29, 0.717) is 11.7 Å². The van der Waals surface area contributed by atoms with E-state index < -0.39 is 5.97 Å². The number of rotatable bonds is 5. The zero-order chi connectivity index (χ0) is 14.5. The van der Waals surface area contributed by atoms with Gasteiger partial charge in [-0.15, -0.1) is 10.2 Å². The third-order valence-corrected chi connectivity index (χ3v) is 3.58. The lowest BCUT2D eigenvalue weighted by Crippen LogP contribution is -2.39. The summed E-state index contributed by atoms with van der Waals surface area (Å²) in [4.78, 5) is 12.8. The van der Waals surface area contributed by atoms with Crippen molar-refractivity contribution in [1.29, 1.82) is 0 Å². The Morgan fingerprint density at radius 2 is 1.95 bits per heavy atom. The molecule has 1 aliphatic rings. The molecule has 0 radical (unpaired) electrons. The molecule has 0 aromatic carbocycles. The summed E-state index contributed by atoms with van der Waals surface area (Å²) in [6.07, 6.45) is 1.71. The molecule has 0 aliphatic carbocycles.